The molecule has 4 bridgehead atoms. The van der Waals surface area contributed by atoms with Crippen molar-refractivity contribution >= 4 is 47.8 Å². The second kappa shape index (κ2) is 17.1. The number of carbonyl (C=O) groups excluding carboxylic acids is 8. The fraction of sp³-hybridized carbons (Fsp3) is 0.558. The Bertz CT molecular complexity index is 2140. The minimum atomic E-state index is -2.86. The number of aryl methyl sites for hydroxylation is 1. The van der Waals surface area contributed by atoms with Gasteiger partial charge in [-0.1, -0.05) is 25.1 Å². The van der Waals surface area contributed by atoms with Crippen molar-refractivity contribution in [2.75, 3.05) is 13.2 Å². The first kappa shape index (κ1) is 45.6. The van der Waals surface area contributed by atoms with E-state index in [1.54, 1.807) is 6.07 Å². The van der Waals surface area contributed by atoms with Crippen LogP contribution in [0.25, 0.3) is 0 Å². The van der Waals surface area contributed by atoms with E-state index in [4.69, 9.17) is 42.6 Å². The van der Waals surface area contributed by atoms with Gasteiger partial charge in [-0.05, 0) is 51.0 Å². The summed E-state index contributed by atoms with van der Waals surface area (Å²) in [5.41, 5.74) is -10.1. The van der Waals surface area contributed by atoms with Crippen LogP contribution < -0.4 is 0 Å². The zero-order valence-electron chi connectivity index (χ0n) is 35.4. The average Bonchev–Trinajstić information content (AvgIpc) is 3.41. The van der Waals surface area contributed by atoms with Crippen LogP contribution in [0.4, 0.5) is 0 Å². The lowest BCUT2D eigenvalue weighted by Gasteiger charge is -2.67. The number of cyclic esters (lactones) is 1. The first-order chi connectivity index (χ1) is 29.1. The summed E-state index contributed by atoms with van der Waals surface area (Å²) in [5, 5.41) is 13.6. The molecule has 4 aliphatic rings. The highest BCUT2D eigenvalue weighted by Crippen LogP contribution is 2.70. The molecule has 12 atom stereocenters. The number of fused-ring (bicyclic) bond motifs is 5. The first-order valence-corrected chi connectivity index (χ1v) is 19.9. The molecule has 3 fully saturated rings. The van der Waals surface area contributed by atoms with Gasteiger partial charge in [0.25, 0.3) is 0 Å². The number of aromatic nitrogens is 1. The molecular weight excluding hydrogens is 818 g/mol. The second-order valence-electron chi connectivity index (χ2n) is 16.4. The fourth-order valence-corrected chi connectivity index (χ4v) is 9.73. The molecule has 19 nitrogen and oxygen atoms in total. The molecule has 0 amide bonds. The predicted molar refractivity (Wildman–Crippen MR) is 205 cm³/mol. The summed E-state index contributed by atoms with van der Waals surface area (Å²) in [6, 6.07) is 10.4. The Morgan fingerprint density at radius 3 is 1.97 bits per heavy atom. The zero-order chi connectivity index (χ0) is 45.5. The van der Waals surface area contributed by atoms with E-state index in [0.29, 0.717) is 0 Å². The Kier molecular flexibility index (Phi) is 12.6. The number of benzene rings is 1. The van der Waals surface area contributed by atoms with Crippen molar-refractivity contribution in [2.45, 2.75) is 122 Å². The normalized spacial score (nSPS) is 35.0. The maximum Gasteiger partial charge on any atom is 0.340 e. The van der Waals surface area contributed by atoms with Crippen LogP contribution in [0.5, 0.6) is 0 Å². The van der Waals surface area contributed by atoms with Crippen molar-refractivity contribution in [2.24, 2.45) is 17.3 Å². The molecule has 2 saturated carbocycles. The van der Waals surface area contributed by atoms with E-state index in [0.717, 1.165) is 41.5 Å². The minimum absolute atomic E-state index is 0.0225. The summed E-state index contributed by atoms with van der Waals surface area (Å²) >= 11 is 0. The molecule has 1 aromatic heterocycles. The number of hydrogen-bond acceptors (Lipinski definition) is 19. The molecule has 8 unspecified atom stereocenters. The van der Waals surface area contributed by atoms with E-state index in [2.05, 4.69) is 4.98 Å². The molecular formula is C43H49NO18. The van der Waals surface area contributed by atoms with Crippen LogP contribution in [0.1, 0.15) is 88.2 Å². The van der Waals surface area contributed by atoms with E-state index in [-0.39, 0.29) is 29.7 Å². The third-order valence-corrected chi connectivity index (χ3v) is 12.1. The standard InChI is InChI=1S/C43H49NO18/c1-21-16-17-29-28(15-12-18-44-29)39(52)55-19-40(7)30-31(56-23(3)46)35(58-25(5)48)42(20-54-22(2)45)36(59-26(6)49)32(60-38(51)27-13-10-9-11-14-27)34(61-37(21)50)41(8,53)43(42,62-40)33(30)57-24(4)47/h9-15,18,21,30-36,53H,16-17,19-20H2,1-8H3/t21?,30?,31?,32?,33?,34?,35?,36?,40-,41-,42+,43-/m0/s1. The molecule has 1 aromatic carbocycles. The van der Waals surface area contributed by atoms with Crippen molar-refractivity contribution in [3.05, 3.63) is 65.5 Å². The molecule has 1 saturated heterocycles. The quantitative estimate of drug-likeness (QED) is 0.295. The molecule has 2 aliphatic carbocycles. The minimum Gasteiger partial charge on any atom is -0.465 e. The fourth-order valence-electron chi connectivity index (χ4n) is 9.73. The lowest BCUT2D eigenvalue weighted by Crippen LogP contribution is -2.89. The van der Waals surface area contributed by atoms with Gasteiger partial charge in [0.1, 0.15) is 42.0 Å². The van der Waals surface area contributed by atoms with E-state index in [9.17, 15) is 43.5 Å². The van der Waals surface area contributed by atoms with Crippen LogP contribution >= 0.6 is 0 Å². The Labute approximate surface area is 355 Å². The Balaban J connectivity index is 1.77. The van der Waals surface area contributed by atoms with Gasteiger partial charge in [-0.25, -0.2) is 9.59 Å². The summed E-state index contributed by atoms with van der Waals surface area (Å²) < 4.78 is 55.3. The van der Waals surface area contributed by atoms with Crippen molar-refractivity contribution in [1.82, 2.24) is 4.98 Å². The topological polar surface area (TPSA) is 253 Å². The van der Waals surface area contributed by atoms with Crippen molar-refractivity contribution in [1.29, 1.82) is 0 Å². The molecule has 0 radical (unpaired) electrons. The highest BCUT2D eigenvalue weighted by atomic mass is 16.7. The highest BCUT2D eigenvalue weighted by molar-refractivity contribution is 5.91. The Morgan fingerprint density at radius 1 is 0.774 bits per heavy atom. The van der Waals surface area contributed by atoms with Crippen molar-refractivity contribution < 1.29 is 86.1 Å². The molecule has 334 valence electrons. The van der Waals surface area contributed by atoms with Crippen LogP contribution in [0.3, 0.4) is 0 Å². The summed E-state index contributed by atoms with van der Waals surface area (Å²) in [4.78, 5) is 113. The molecule has 62 heavy (non-hydrogen) atoms. The maximum absolute atomic E-state index is 14.4. The number of aliphatic hydroxyl groups is 1. The number of pyridine rings is 1. The van der Waals surface area contributed by atoms with Gasteiger partial charge in [0, 0.05) is 40.8 Å². The van der Waals surface area contributed by atoms with Crippen LogP contribution in [0.15, 0.2) is 48.7 Å². The van der Waals surface area contributed by atoms with Gasteiger partial charge >= 0.3 is 47.8 Å². The summed E-state index contributed by atoms with van der Waals surface area (Å²) in [5.74, 6) is -10.7. The average molecular weight is 868 g/mol. The SMILES string of the molecule is CC(=O)OC[C@@]12C(OC(C)=O)C(OC(=O)c3ccccc3)C3OC(=O)C(C)CCc4ncccc4C(=O)OC[C@]4(C)O[C@@]1(C(OC(C)=O)C4C(OC(C)=O)C2OC(C)=O)[C@@]3(C)O. The summed E-state index contributed by atoms with van der Waals surface area (Å²) in [6.07, 6.45) is -10.6. The van der Waals surface area contributed by atoms with Gasteiger partial charge in [0.15, 0.2) is 30.0 Å². The van der Waals surface area contributed by atoms with Crippen LogP contribution in [-0.2, 0) is 77.8 Å². The molecule has 6 rings (SSSR count). The largest absolute Gasteiger partial charge is 0.465 e. The number of hydrogen-bond donors (Lipinski definition) is 1. The molecule has 2 aromatic rings. The molecule has 1 spiro atoms. The van der Waals surface area contributed by atoms with E-state index < -0.39 is 132 Å². The van der Waals surface area contributed by atoms with E-state index in [1.165, 1.54) is 56.4 Å². The number of rotatable bonds is 8. The Hall–Kier alpha value is -5.95. The van der Waals surface area contributed by atoms with Crippen LogP contribution in [0.2, 0.25) is 0 Å². The highest BCUT2D eigenvalue weighted by Gasteiger charge is 2.92. The van der Waals surface area contributed by atoms with Crippen molar-refractivity contribution in [3.63, 3.8) is 0 Å². The smallest absolute Gasteiger partial charge is 0.340 e. The third-order valence-electron chi connectivity index (χ3n) is 12.1. The van der Waals surface area contributed by atoms with E-state index in [1.807, 2.05) is 0 Å². The van der Waals surface area contributed by atoms with Crippen molar-refractivity contribution in [3.8, 4) is 0 Å². The number of ether oxygens (including phenoxy) is 9. The molecule has 19 heteroatoms. The Morgan fingerprint density at radius 2 is 1.37 bits per heavy atom. The number of esters is 8. The lowest BCUT2D eigenvalue weighted by atomic mass is 9.45. The molecule has 1 N–H and O–H groups in total. The van der Waals surface area contributed by atoms with Crippen LogP contribution in [-0.4, -0.2) is 124 Å². The zero-order valence-corrected chi connectivity index (χ0v) is 35.4. The molecule has 3 heterocycles. The first-order valence-electron chi connectivity index (χ1n) is 19.9. The summed E-state index contributed by atoms with van der Waals surface area (Å²) in [7, 11) is 0. The van der Waals surface area contributed by atoms with Gasteiger partial charge in [0.2, 0.25) is 0 Å². The summed E-state index contributed by atoms with van der Waals surface area (Å²) in [6.45, 7) is 7.16. The second-order valence-corrected chi connectivity index (χ2v) is 16.4. The van der Waals surface area contributed by atoms with E-state index >= 15 is 0 Å². The monoisotopic (exact) mass is 867 g/mol. The maximum atomic E-state index is 14.4. The van der Waals surface area contributed by atoms with Gasteiger partial charge < -0.3 is 47.7 Å². The predicted octanol–water partition coefficient (Wildman–Crippen LogP) is 2.16. The number of nitrogens with zero attached hydrogens (tertiary/aromatic N) is 1. The van der Waals surface area contributed by atoms with Gasteiger partial charge in [-0.3, -0.25) is 33.8 Å². The van der Waals surface area contributed by atoms with Gasteiger partial charge in [-0.2, -0.15) is 0 Å². The van der Waals surface area contributed by atoms with Crippen LogP contribution in [0, 0.1) is 17.3 Å². The lowest BCUT2D eigenvalue weighted by molar-refractivity contribution is -0.386. The van der Waals surface area contributed by atoms with Gasteiger partial charge in [0.05, 0.1) is 28.7 Å². The number of carbonyl (C=O) groups is 8. The van der Waals surface area contributed by atoms with Gasteiger partial charge in [-0.15, -0.1) is 0 Å². The molecule has 2 aliphatic heterocycles. The third kappa shape index (κ3) is 7.76.